The third-order valence-electron chi connectivity index (χ3n) is 4.92. The number of nitrogens with zero attached hydrogens (tertiary/aromatic N) is 3. The Morgan fingerprint density at radius 3 is 2.47 bits per heavy atom. The molecule has 1 aromatic carbocycles. The fraction of sp³-hybridized carbons (Fsp3) is 0.650. The standard InChI is InChI=1S/C20H31F3N4O2.HI/c1-4-24-19(27-12-10-26(11-13-27)16(2)20(21,22)23)25-9-14-29-15-17-7-5-6-8-18(17)28-3;/h5-8,16H,4,9-15H2,1-3H3,(H,24,25);1H. The van der Waals surface area contributed by atoms with Gasteiger partial charge in [0.15, 0.2) is 5.96 Å². The van der Waals surface area contributed by atoms with E-state index in [0.29, 0.717) is 58.4 Å². The molecule has 0 amide bonds. The van der Waals surface area contributed by atoms with Crippen LogP contribution in [0.5, 0.6) is 5.75 Å². The Hall–Kier alpha value is -1.27. The first-order valence-corrected chi connectivity index (χ1v) is 9.90. The van der Waals surface area contributed by atoms with Gasteiger partial charge in [-0.2, -0.15) is 13.2 Å². The van der Waals surface area contributed by atoms with Gasteiger partial charge in [-0.25, -0.2) is 0 Å². The Morgan fingerprint density at radius 2 is 1.87 bits per heavy atom. The number of para-hydroxylation sites is 1. The summed E-state index contributed by atoms with van der Waals surface area (Å²) in [5.74, 6) is 1.50. The van der Waals surface area contributed by atoms with E-state index in [9.17, 15) is 13.2 Å². The Kier molecular flexibility index (Phi) is 11.8. The van der Waals surface area contributed by atoms with E-state index >= 15 is 0 Å². The highest BCUT2D eigenvalue weighted by molar-refractivity contribution is 14.0. The number of alkyl halides is 3. The number of benzene rings is 1. The molecular weight excluding hydrogens is 512 g/mol. The summed E-state index contributed by atoms with van der Waals surface area (Å²) in [4.78, 5) is 8.04. The van der Waals surface area contributed by atoms with Gasteiger partial charge >= 0.3 is 6.18 Å². The van der Waals surface area contributed by atoms with Crippen molar-refractivity contribution in [2.45, 2.75) is 32.7 Å². The first-order chi connectivity index (χ1) is 13.9. The molecule has 0 bridgehead atoms. The van der Waals surface area contributed by atoms with Crippen LogP contribution in [0.4, 0.5) is 13.2 Å². The molecule has 172 valence electrons. The summed E-state index contributed by atoms with van der Waals surface area (Å²) in [6.45, 7) is 6.95. The summed E-state index contributed by atoms with van der Waals surface area (Å²) < 4.78 is 49.7. The zero-order chi connectivity index (χ0) is 21.3. The quantitative estimate of drug-likeness (QED) is 0.236. The first kappa shape index (κ1) is 26.8. The third kappa shape index (κ3) is 8.10. The molecule has 1 saturated heterocycles. The van der Waals surface area contributed by atoms with Gasteiger partial charge in [-0.05, 0) is 19.9 Å². The van der Waals surface area contributed by atoms with Gasteiger partial charge in [-0.3, -0.25) is 9.89 Å². The Labute approximate surface area is 193 Å². The number of guanidine groups is 1. The van der Waals surface area contributed by atoms with E-state index in [0.717, 1.165) is 11.3 Å². The number of aliphatic imine (C=N–C) groups is 1. The summed E-state index contributed by atoms with van der Waals surface area (Å²) in [6.07, 6.45) is -4.19. The number of ether oxygens (including phenoxy) is 2. The molecule has 6 nitrogen and oxygen atoms in total. The Bertz CT molecular complexity index is 653. The van der Waals surface area contributed by atoms with Gasteiger partial charge in [0.25, 0.3) is 0 Å². The van der Waals surface area contributed by atoms with Crippen LogP contribution >= 0.6 is 24.0 Å². The average Bonchev–Trinajstić information content (AvgIpc) is 2.72. The molecule has 1 aliphatic rings. The van der Waals surface area contributed by atoms with E-state index in [2.05, 4.69) is 10.3 Å². The minimum atomic E-state index is -4.19. The minimum absolute atomic E-state index is 0. The minimum Gasteiger partial charge on any atom is -0.496 e. The smallest absolute Gasteiger partial charge is 0.403 e. The van der Waals surface area contributed by atoms with Crippen molar-refractivity contribution in [2.24, 2.45) is 4.99 Å². The van der Waals surface area contributed by atoms with Crippen molar-refractivity contribution < 1.29 is 22.6 Å². The van der Waals surface area contributed by atoms with Crippen LogP contribution in [0.25, 0.3) is 0 Å². The summed E-state index contributed by atoms with van der Waals surface area (Å²) >= 11 is 0. The third-order valence-corrected chi connectivity index (χ3v) is 4.92. The molecule has 1 unspecified atom stereocenters. The zero-order valence-electron chi connectivity index (χ0n) is 17.7. The van der Waals surface area contributed by atoms with Crippen LogP contribution in [0, 0.1) is 0 Å². The molecule has 1 fully saturated rings. The molecule has 0 aliphatic carbocycles. The van der Waals surface area contributed by atoms with Crippen LogP contribution in [0.1, 0.15) is 19.4 Å². The molecule has 1 heterocycles. The van der Waals surface area contributed by atoms with E-state index < -0.39 is 12.2 Å². The summed E-state index contributed by atoms with van der Waals surface area (Å²) in [6, 6.07) is 6.26. The van der Waals surface area contributed by atoms with Crippen molar-refractivity contribution in [3.8, 4) is 5.75 Å². The molecule has 2 rings (SSSR count). The molecule has 0 aromatic heterocycles. The van der Waals surface area contributed by atoms with Crippen LogP contribution in [0.2, 0.25) is 0 Å². The highest BCUT2D eigenvalue weighted by Gasteiger charge is 2.41. The van der Waals surface area contributed by atoms with Crippen molar-refractivity contribution >= 4 is 29.9 Å². The van der Waals surface area contributed by atoms with Crippen molar-refractivity contribution in [1.82, 2.24) is 15.1 Å². The maximum absolute atomic E-state index is 12.9. The fourth-order valence-electron chi connectivity index (χ4n) is 3.17. The normalized spacial score (nSPS) is 16.7. The van der Waals surface area contributed by atoms with E-state index in [1.54, 1.807) is 7.11 Å². The predicted octanol–water partition coefficient (Wildman–Crippen LogP) is 3.36. The van der Waals surface area contributed by atoms with Gasteiger partial charge in [0.2, 0.25) is 0 Å². The zero-order valence-corrected chi connectivity index (χ0v) is 20.1. The lowest BCUT2D eigenvalue weighted by molar-refractivity contribution is -0.181. The molecule has 0 radical (unpaired) electrons. The predicted molar refractivity (Wildman–Crippen MR) is 123 cm³/mol. The Morgan fingerprint density at radius 1 is 1.20 bits per heavy atom. The average molecular weight is 544 g/mol. The van der Waals surface area contributed by atoms with E-state index in [1.807, 2.05) is 36.1 Å². The summed E-state index contributed by atoms with van der Waals surface area (Å²) in [7, 11) is 1.63. The number of nitrogens with one attached hydrogen (secondary N) is 1. The number of hydrogen-bond acceptors (Lipinski definition) is 4. The van der Waals surface area contributed by atoms with Crippen LogP contribution in [-0.2, 0) is 11.3 Å². The topological polar surface area (TPSA) is 49.3 Å². The van der Waals surface area contributed by atoms with Crippen molar-refractivity contribution in [3.63, 3.8) is 0 Å². The van der Waals surface area contributed by atoms with Gasteiger partial charge in [0.05, 0.1) is 26.9 Å². The molecular formula is C20H32F3IN4O2. The second kappa shape index (κ2) is 13.2. The van der Waals surface area contributed by atoms with Crippen LogP contribution < -0.4 is 10.1 Å². The van der Waals surface area contributed by atoms with Crippen molar-refractivity contribution in [1.29, 1.82) is 0 Å². The molecule has 1 N–H and O–H groups in total. The van der Waals surface area contributed by atoms with Crippen molar-refractivity contribution in [3.05, 3.63) is 29.8 Å². The van der Waals surface area contributed by atoms with Gasteiger partial charge < -0.3 is 19.7 Å². The van der Waals surface area contributed by atoms with Gasteiger partial charge in [0, 0.05) is 38.3 Å². The SMILES string of the molecule is CCNC(=NCCOCc1ccccc1OC)N1CCN(C(C)C(F)(F)F)CC1.I. The van der Waals surface area contributed by atoms with Gasteiger partial charge in [-0.15, -0.1) is 24.0 Å². The first-order valence-electron chi connectivity index (χ1n) is 9.90. The van der Waals surface area contributed by atoms with Crippen LogP contribution in [0.3, 0.4) is 0 Å². The number of piperazine rings is 1. The lowest BCUT2D eigenvalue weighted by atomic mass is 10.2. The van der Waals surface area contributed by atoms with Crippen molar-refractivity contribution in [2.75, 3.05) is 53.0 Å². The molecule has 1 aliphatic heterocycles. The second-order valence-corrected chi connectivity index (χ2v) is 6.84. The number of halogens is 4. The lowest BCUT2D eigenvalue weighted by Gasteiger charge is -2.39. The van der Waals surface area contributed by atoms with E-state index in [4.69, 9.17) is 9.47 Å². The number of rotatable bonds is 8. The van der Waals surface area contributed by atoms with E-state index in [-0.39, 0.29) is 24.0 Å². The maximum Gasteiger partial charge on any atom is 0.403 e. The molecule has 30 heavy (non-hydrogen) atoms. The number of hydrogen-bond donors (Lipinski definition) is 1. The molecule has 1 aromatic rings. The Balaban J connectivity index is 0.00000450. The van der Waals surface area contributed by atoms with Crippen LogP contribution in [-0.4, -0.2) is 81.0 Å². The molecule has 0 saturated carbocycles. The second-order valence-electron chi connectivity index (χ2n) is 6.84. The highest BCUT2D eigenvalue weighted by atomic mass is 127. The molecule has 0 spiro atoms. The van der Waals surface area contributed by atoms with Gasteiger partial charge in [-0.1, -0.05) is 18.2 Å². The lowest BCUT2D eigenvalue weighted by Crippen LogP contribution is -2.56. The number of methoxy groups -OCH3 is 1. The molecule has 1 atom stereocenters. The van der Waals surface area contributed by atoms with Crippen LogP contribution in [0.15, 0.2) is 29.3 Å². The molecule has 10 heteroatoms. The summed E-state index contributed by atoms with van der Waals surface area (Å²) in [5, 5.41) is 3.21. The maximum atomic E-state index is 12.9. The van der Waals surface area contributed by atoms with Gasteiger partial charge in [0.1, 0.15) is 11.8 Å². The fourth-order valence-corrected chi connectivity index (χ4v) is 3.17. The highest BCUT2D eigenvalue weighted by Crippen LogP contribution is 2.25. The van der Waals surface area contributed by atoms with E-state index in [1.165, 1.54) is 11.8 Å². The monoisotopic (exact) mass is 544 g/mol. The summed E-state index contributed by atoms with van der Waals surface area (Å²) in [5.41, 5.74) is 0.973. The largest absolute Gasteiger partial charge is 0.496 e.